The molecule has 1 aliphatic rings. The molecule has 1 saturated heterocycles. The molecule has 0 aromatic heterocycles. The molecule has 1 aromatic rings. The van der Waals surface area contributed by atoms with Crippen LogP contribution in [0.4, 0.5) is 4.39 Å². The first-order valence-electron chi connectivity index (χ1n) is 6.32. The van der Waals surface area contributed by atoms with Crippen molar-refractivity contribution in [1.82, 2.24) is 5.32 Å². The van der Waals surface area contributed by atoms with Crippen LogP contribution in [0.2, 0.25) is 0 Å². The third kappa shape index (κ3) is 5.80. The number of imide groups is 1. The van der Waals surface area contributed by atoms with E-state index >= 15 is 0 Å². The number of hydrogen-bond donors (Lipinski definition) is 3. The van der Waals surface area contributed by atoms with Crippen molar-refractivity contribution in [2.24, 2.45) is 0 Å². The summed E-state index contributed by atoms with van der Waals surface area (Å²) in [5.41, 5.74) is 0.340. The number of hydrogen-bond acceptors (Lipinski definition) is 5. The van der Waals surface area contributed by atoms with Gasteiger partial charge in [0.25, 0.3) is 5.91 Å². The highest BCUT2D eigenvalue weighted by Gasteiger charge is 2.27. The van der Waals surface area contributed by atoms with E-state index in [4.69, 9.17) is 10.2 Å². The van der Waals surface area contributed by atoms with Crippen molar-refractivity contribution in [3.8, 4) is 0 Å². The summed E-state index contributed by atoms with van der Waals surface area (Å²) < 4.78 is 12.5. The molecule has 1 aromatic carbocycles. The second-order valence-electron chi connectivity index (χ2n) is 4.46. The summed E-state index contributed by atoms with van der Waals surface area (Å²) in [6.45, 7) is 0. The van der Waals surface area contributed by atoms with Gasteiger partial charge in [0.05, 0.1) is 12.8 Å². The molecular formula is C14H14FNO6. The largest absolute Gasteiger partial charge is 0.481 e. The van der Waals surface area contributed by atoms with E-state index in [9.17, 15) is 23.6 Å². The summed E-state index contributed by atoms with van der Waals surface area (Å²) in [5.74, 6) is -2.70. The Morgan fingerprint density at radius 1 is 1.18 bits per heavy atom. The number of carbonyl (C=O) groups excluding carboxylic acids is 3. The molecule has 3 N–H and O–H groups in total. The van der Waals surface area contributed by atoms with Crippen LogP contribution >= 0.6 is 0 Å². The minimum atomic E-state index is -1.11. The summed E-state index contributed by atoms with van der Waals surface area (Å²) in [5, 5.41) is 18.8. The predicted molar refractivity (Wildman–Crippen MR) is 71.4 cm³/mol. The topological polar surface area (TPSA) is 121 Å². The van der Waals surface area contributed by atoms with Crippen LogP contribution in [-0.2, 0) is 14.4 Å². The normalized spacial score (nSPS) is 16.5. The van der Waals surface area contributed by atoms with Crippen molar-refractivity contribution >= 4 is 23.6 Å². The zero-order valence-corrected chi connectivity index (χ0v) is 11.4. The van der Waals surface area contributed by atoms with Gasteiger partial charge in [0.15, 0.2) is 5.78 Å². The van der Waals surface area contributed by atoms with Gasteiger partial charge in [-0.2, -0.15) is 0 Å². The highest BCUT2D eigenvalue weighted by molar-refractivity contribution is 6.04. The standard InChI is InChI=1S/C10H9FO3.C4H5NO3/c11-8-3-1-7(2-4-8)9(12)5-6-10(13)14;6-2-1-3(7)5-4(2)8/h1-4H,5-6H2,(H,13,14);2,6H,1H2,(H,5,7,8). The first-order chi connectivity index (χ1) is 10.3. The molecule has 7 nitrogen and oxygen atoms in total. The van der Waals surface area contributed by atoms with E-state index in [2.05, 4.69) is 0 Å². The van der Waals surface area contributed by atoms with E-state index < -0.39 is 29.7 Å². The first kappa shape index (κ1) is 17.4. The Labute approximate surface area is 124 Å². The maximum absolute atomic E-state index is 12.5. The number of carbonyl (C=O) groups is 4. The van der Waals surface area contributed by atoms with E-state index in [0.29, 0.717) is 5.56 Å². The van der Waals surface area contributed by atoms with Crippen LogP contribution in [0.3, 0.4) is 0 Å². The quantitative estimate of drug-likeness (QED) is 0.542. The van der Waals surface area contributed by atoms with Crippen molar-refractivity contribution < 1.29 is 33.8 Å². The summed E-state index contributed by atoms with van der Waals surface area (Å²) in [6.07, 6.45) is -1.45. The van der Waals surface area contributed by atoms with E-state index in [1.54, 1.807) is 0 Å². The van der Waals surface area contributed by atoms with Crippen LogP contribution in [0.25, 0.3) is 0 Å². The molecule has 118 valence electrons. The summed E-state index contributed by atoms with van der Waals surface area (Å²) >= 11 is 0. The Kier molecular flexibility index (Phi) is 6.33. The fourth-order valence-corrected chi connectivity index (χ4v) is 1.54. The first-order valence-corrected chi connectivity index (χ1v) is 6.32. The van der Waals surface area contributed by atoms with Gasteiger partial charge >= 0.3 is 5.97 Å². The van der Waals surface area contributed by atoms with Gasteiger partial charge in [0.1, 0.15) is 11.9 Å². The number of aliphatic hydroxyl groups is 1. The molecule has 0 radical (unpaired) electrons. The minimum Gasteiger partial charge on any atom is -0.481 e. The molecule has 0 saturated carbocycles. The lowest BCUT2D eigenvalue weighted by Crippen LogP contribution is -2.24. The Morgan fingerprint density at radius 3 is 2.14 bits per heavy atom. The van der Waals surface area contributed by atoms with E-state index in [-0.39, 0.29) is 25.0 Å². The molecule has 1 unspecified atom stereocenters. The third-order valence-corrected chi connectivity index (χ3v) is 2.68. The van der Waals surface area contributed by atoms with E-state index in [1.807, 2.05) is 5.32 Å². The van der Waals surface area contributed by atoms with Gasteiger partial charge in [-0.1, -0.05) is 0 Å². The molecule has 1 fully saturated rings. The molecule has 1 aliphatic heterocycles. The number of carboxylic acids is 1. The number of rotatable bonds is 4. The van der Waals surface area contributed by atoms with Crippen LogP contribution in [0.5, 0.6) is 0 Å². The molecule has 1 heterocycles. The number of ketones is 1. The highest BCUT2D eigenvalue weighted by Crippen LogP contribution is 2.07. The SMILES string of the molecule is O=C(O)CCC(=O)c1ccc(F)cc1.O=C1CC(O)C(=O)N1. The number of aliphatic hydroxyl groups excluding tert-OH is 1. The minimum absolute atomic E-state index is 0.0546. The summed E-state index contributed by atoms with van der Waals surface area (Å²) in [6, 6.07) is 5.04. The van der Waals surface area contributed by atoms with Gasteiger partial charge in [0, 0.05) is 12.0 Å². The Bertz CT molecular complexity index is 584. The van der Waals surface area contributed by atoms with Crippen molar-refractivity contribution in [2.45, 2.75) is 25.4 Å². The van der Waals surface area contributed by atoms with Crippen molar-refractivity contribution in [2.75, 3.05) is 0 Å². The Hall–Kier alpha value is -2.61. The van der Waals surface area contributed by atoms with Crippen LogP contribution < -0.4 is 5.32 Å². The third-order valence-electron chi connectivity index (χ3n) is 2.68. The van der Waals surface area contributed by atoms with Crippen molar-refractivity contribution in [3.05, 3.63) is 35.6 Å². The van der Waals surface area contributed by atoms with Crippen LogP contribution in [0, 0.1) is 5.82 Å². The number of carboxylic acid groups (broad SMARTS) is 1. The zero-order chi connectivity index (χ0) is 16.7. The lowest BCUT2D eigenvalue weighted by atomic mass is 10.1. The Morgan fingerprint density at radius 2 is 1.77 bits per heavy atom. The van der Waals surface area contributed by atoms with Crippen molar-refractivity contribution in [1.29, 1.82) is 0 Å². The number of aliphatic carboxylic acids is 1. The predicted octanol–water partition coefficient (Wildman–Crippen LogP) is 0.267. The second kappa shape index (κ2) is 7.99. The monoisotopic (exact) mass is 311 g/mol. The maximum Gasteiger partial charge on any atom is 0.303 e. The molecule has 2 amide bonds. The molecule has 22 heavy (non-hydrogen) atoms. The lowest BCUT2D eigenvalue weighted by Gasteiger charge is -1.98. The van der Waals surface area contributed by atoms with Gasteiger partial charge in [-0.25, -0.2) is 4.39 Å². The van der Waals surface area contributed by atoms with Crippen molar-refractivity contribution in [3.63, 3.8) is 0 Å². The number of benzene rings is 1. The van der Waals surface area contributed by atoms with E-state index in [1.165, 1.54) is 24.3 Å². The number of halogens is 1. The molecule has 8 heteroatoms. The Balaban J connectivity index is 0.000000255. The van der Waals surface area contributed by atoms with Gasteiger partial charge in [-0.15, -0.1) is 0 Å². The molecule has 0 aliphatic carbocycles. The average molecular weight is 311 g/mol. The number of Topliss-reactive ketones (excluding diaryl/α,β-unsaturated/α-hetero) is 1. The molecular weight excluding hydrogens is 297 g/mol. The number of nitrogens with one attached hydrogen (secondary N) is 1. The van der Waals surface area contributed by atoms with Crippen LogP contribution in [-0.4, -0.2) is 39.9 Å². The van der Waals surface area contributed by atoms with E-state index in [0.717, 1.165) is 0 Å². The fourth-order valence-electron chi connectivity index (χ4n) is 1.54. The van der Waals surface area contributed by atoms with Gasteiger partial charge in [0.2, 0.25) is 5.91 Å². The summed E-state index contributed by atoms with van der Waals surface area (Å²) in [4.78, 5) is 41.8. The maximum atomic E-state index is 12.5. The molecule has 1 atom stereocenters. The average Bonchev–Trinajstić information content (AvgIpc) is 2.74. The van der Waals surface area contributed by atoms with Crippen LogP contribution in [0.1, 0.15) is 29.6 Å². The van der Waals surface area contributed by atoms with Gasteiger partial charge in [-0.05, 0) is 24.3 Å². The zero-order valence-electron chi connectivity index (χ0n) is 11.4. The van der Waals surface area contributed by atoms with Crippen LogP contribution in [0.15, 0.2) is 24.3 Å². The molecule has 2 rings (SSSR count). The summed E-state index contributed by atoms with van der Waals surface area (Å²) in [7, 11) is 0. The lowest BCUT2D eigenvalue weighted by molar-refractivity contribution is -0.137. The van der Waals surface area contributed by atoms with Gasteiger partial charge in [-0.3, -0.25) is 24.5 Å². The van der Waals surface area contributed by atoms with Gasteiger partial charge < -0.3 is 10.2 Å². The smallest absolute Gasteiger partial charge is 0.303 e. The number of amides is 2. The molecule has 0 bridgehead atoms. The molecule has 0 spiro atoms. The highest BCUT2D eigenvalue weighted by atomic mass is 19.1. The fraction of sp³-hybridized carbons (Fsp3) is 0.286. The second-order valence-corrected chi connectivity index (χ2v) is 4.46.